The van der Waals surface area contributed by atoms with E-state index in [1.807, 2.05) is 0 Å². The van der Waals surface area contributed by atoms with Gasteiger partial charge in [0.05, 0.1) is 6.10 Å². The second kappa shape index (κ2) is 8.33. The maximum atomic E-state index is 11.2. The Bertz CT molecular complexity index is 690. The standard InChI is InChI=1S/C23H33NO/c1-4-6-15-24(16-7-5-2)17(3)23(25)21-14-13-19-12-11-18-9-8-10-20(21)22(18)19/h8-10,13-14,17,23,25H,4-7,11-12,15-16H2,1-3H3/t17-,23+/m0/s1. The average molecular weight is 340 g/mol. The van der Waals surface area contributed by atoms with Gasteiger partial charge in [0.1, 0.15) is 0 Å². The van der Waals surface area contributed by atoms with Crippen molar-refractivity contribution in [2.45, 2.75) is 71.4 Å². The molecule has 0 spiro atoms. The Hall–Kier alpha value is -1.38. The molecule has 0 aliphatic heterocycles. The van der Waals surface area contributed by atoms with Crippen LogP contribution in [0.5, 0.6) is 0 Å². The van der Waals surface area contributed by atoms with Gasteiger partial charge in [-0.25, -0.2) is 0 Å². The Morgan fingerprint density at radius 1 is 0.960 bits per heavy atom. The van der Waals surface area contributed by atoms with E-state index in [9.17, 15) is 5.11 Å². The summed E-state index contributed by atoms with van der Waals surface area (Å²) in [7, 11) is 0. The highest BCUT2D eigenvalue weighted by Crippen LogP contribution is 2.36. The van der Waals surface area contributed by atoms with Crippen LogP contribution in [0.15, 0.2) is 30.3 Å². The third-order valence-corrected chi connectivity index (χ3v) is 5.86. The first-order valence-electron chi connectivity index (χ1n) is 10.1. The number of nitrogens with zero attached hydrogens (tertiary/aromatic N) is 1. The number of aliphatic hydroxyl groups excluding tert-OH is 1. The highest BCUT2D eigenvalue weighted by molar-refractivity contribution is 5.93. The van der Waals surface area contributed by atoms with E-state index in [1.54, 1.807) is 0 Å². The Morgan fingerprint density at radius 2 is 1.60 bits per heavy atom. The lowest BCUT2D eigenvalue weighted by atomic mass is 9.93. The van der Waals surface area contributed by atoms with Crippen LogP contribution in [-0.4, -0.2) is 29.1 Å². The first-order chi connectivity index (χ1) is 12.2. The van der Waals surface area contributed by atoms with Gasteiger partial charge in [0.15, 0.2) is 0 Å². The van der Waals surface area contributed by atoms with E-state index >= 15 is 0 Å². The first-order valence-corrected chi connectivity index (χ1v) is 10.1. The quantitative estimate of drug-likeness (QED) is 0.673. The maximum absolute atomic E-state index is 11.2. The molecule has 0 unspecified atom stereocenters. The van der Waals surface area contributed by atoms with E-state index in [2.05, 4.69) is 56.0 Å². The highest BCUT2D eigenvalue weighted by atomic mass is 16.3. The fourth-order valence-corrected chi connectivity index (χ4v) is 4.23. The van der Waals surface area contributed by atoms with Crippen LogP contribution in [-0.2, 0) is 12.8 Å². The van der Waals surface area contributed by atoms with Crippen molar-refractivity contribution in [1.82, 2.24) is 4.90 Å². The molecule has 3 rings (SSSR count). The first kappa shape index (κ1) is 18.4. The summed E-state index contributed by atoms with van der Waals surface area (Å²) < 4.78 is 0. The van der Waals surface area contributed by atoms with Crippen LogP contribution < -0.4 is 0 Å². The van der Waals surface area contributed by atoms with Crippen molar-refractivity contribution < 1.29 is 5.11 Å². The largest absolute Gasteiger partial charge is 0.387 e. The maximum Gasteiger partial charge on any atom is 0.0948 e. The van der Waals surface area contributed by atoms with Crippen molar-refractivity contribution in [3.8, 4) is 0 Å². The molecule has 1 aliphatic rings. The molecule has 0 saturated carbocycles. The number of unbranched alkanes of at least 4 members (excludes halogenated alkanes) is 2. The lowest BCUT2D eigenvalue weighted by molar-refractivity contribution is 0.0569. The molecule has 0 heterocycles. The van der Waals surface area contributed by atoms with Gasteiger partial charge < -0.3 is 5.11 Å². The van der Waals surface area contributed by atoms with Crippen molar-refractivity contribution in [3.05, 3.63) is 47.0 Å². The molecular weight excluding hydrogens is 306 g/mol. The average Bonchev–Trinajstić information content (AvgIpc) is 3.06. The van der Waals surface area contributed by atoms with Crippen LogP contribution >= 0.6 is 0 Å². The number of aryl methyl sites for hydroxylation is 2. The van der Waals surface area contributed by atoms with Crippen molar-refractivity contribution in [3.63, 3.8) is 0 Å². The van der Waals surface area contributed by atoms with Crippen LogP contribution in [0, 0.1) is 0 Å². The fraction of sp³-hybridized carbons (Fsp3) is 0.565. The molecule has 2 nitrogen and oxygen atoms in total. The normalized spacial score (nSPS) is 15.9. The van der Waals surface area contributed by atoms with Gasteiger partial charge in [0, 0.05) is 6.04 Å². The summed E-state index contributed by atoms with van der Waals surface area (Å²) in [6.45, 7) is 8.83. The van der Waals surface area contributed by atoms with Crippen LogP contribution in [0.1, 0.15) is 69.2 Å². The van der Waals surface area contributed by atoms with Crippen molar-refractivity contribution >= 4 is 10.8 Å². The fourth-order valence-electron chi connectivity index (χ4n) is 4.23. The van der Waals surface area contributed by atoms with Gasteiger partial charge >= 0.3 is 0 Å². The summed E-state index contributed by atoms with van der Waals surface area (Å²) in [6, 6.07) is 11.2. The summed E-state index contributed by atoms with van der Waals surface area (Å²) in [5.74, 6) is 0. The van der Waals surface area contributed by atoms with E-state index in [1.165, 1.54) is 47.6 Å². The second-order valence-corrected chi connectivity index (χ2v) is 7.58. The number of aliphatic hydroxyl groups is 1. The second-order valence-electron chi connectivity index (χ2n) is 7.58. The minimum atomic E-state index is -0.432. The van der Waals surface area contributed by atoms with Crippen molar-refractivity contribution in [1.29, 1.82) is 0 Å². The van der Waals surface area contributed by atoms with Crippen LogP contribution in [0.2, 0.25) is 0 Å². The van der Waals surface area contributed by atoms with E-state index < -0.39 is 6.10 Å². The predicted octanol–water partition coefficient (Wildman–Crippen LogP) is 5.26. The molecule has 0 amide bonds. The number of hydrogen-bond acceptors (Lipinski definition) is 2. The molecule has 0 radical (unpaired) electrons. The van der Waals surface area contributed by atoms with E-state index in [-0.39, 0.29) is 6.04 Å². The predicted molar refractivity (Wildman–Crippen MR) is 107 cm³/mol. The Morgan fingerprint density at radius 3 is 2.24 bits per heavy atom. The molecule has 0 saturated heterocycles. The molecule has 0 fully saturated rings. The lowest BCUT2D eigenvalue weighted by Crippen LogP contribution is -2.39. The molecule has 0 bridgehead atoms. The molecule has 2 aromatic rings. The van der Waals surface area contributed by atoms with Gasteiger partial charge in [-0.3, -0.25) is 4.90 Å². The third-order valence-electron chi connectivity index (χ3n) is 5.86. The summed E-state index contributed by atoms with van der Waals surface area (Å²) in [4.78, 5) is 2.49. The third kappa shape index (κ3) is 3.75. The summed E-state index contributed by atoms with van der Waals surface area (Å²) in [6.07, 6.45) is 6.65. The topological polar surface area (TPSA) is 23.5 Å². The van der Waals surface area contributed by atoms with Gasteiger partial charge in [-0.05, 0) is 73.2 Å². The zero-order chi connectivity index (χ0) is 17.8. The summed E-state index contributed by atoms with van der Waals surface area (Å²) in [5, 5.41) is 13.9. The summed E-state index contributed by atoms with van der Waals surface area (Å²) >= 11 is 0. The summed E-state index contributed by atoms with van der Waals surface area (Å²) in [5.41, 5.74) is 4.00. The van der Waals surface area contributed by atoms with Crippen LogP contribution in [0.3, 0.4) is 0 Å². The smallest absolute Gasteiger partial charge is 0.0948 e. The number of hydrogen-bond donors (Lipinski definition) is 1. The zero-order valence-corrected chi connectivity index (χ0v) is 16.1. The Labute approximate surface area is 152 Å². The van der Waals surface area contributed by atoms with Gasteiger partial charge in [-0.15, -0.1) is 0 Å². The van der Waals surface area contributed by atoms with Crippen LogP contribution in [0.4, 0.5) is 0 Å². The minimum absolute atomic E-state index is 0.150. The Balaban J connectivity index is 1.89. The highest BCUT2D eigenvalue weighted by Gasteiger charge is 2.25. The van der Waals surface area contributed by atoms with E-state index in [4.69, 9.17) is 0 Å². The number of rotatable bonds is 9. The molecule has 2 atom stereocenters. The molecule has 0 aromatic heterocycles. The molecule has 136 valence electrons. The molecule has 1 N–H and O–H groups in total. The monoisotopic (exact) mass is 339 g/mol. The van der Waals surface area contributed by atoms with Gasteiger partial charge in [0.25, 0.3) is 0 Å². The number of benzene rings is 2. The van der Waals surface area contributed by atoms with E-state index in [0.29, 0.717) is 0 Å². The Kier molecular flexibility index (Phi) is 6.14. The molecule has 1 aliphatic carbocycles. The molecular formula is C23H33NO. The van der Waals surface area contributed by atoms with Gasteiger partial charge in [0.2, 0.25) is 0 Å². The van der Waals surface area contributed by atoms with Crippen molar-refractivity contribution in [2.75, 3.05) is 13.1 Å². The van der Waals surface area contributed by atoms with Crippen molar-refractivity contribution in [2.24, 2.45) is 0 Å². The minimum Gasteiger partial charge on any atom is -0.387 e. The van der Waals surface area contributed by atoms with E-state index in [0.717, 1.165) is 31.5 Å². The van der Waals surface area contributed by atoms with Gasteiger partial charge in [-0.1, -0.05) is 57.0 Å². The molecule has 25 heavy (non-hydrogen) atoms. The van der Waals surface area contributed by atoms with Crippen LogP contribution in [0.25, 0.3) is 10.8 Å². The zero-order valence-electron chi connectivity index (χ0n) is 16.1. The molecule has 2 heteroatoms. The lowest BCUT2D eigenvalue weighted by Gasteiger charge is -2.33. The molecule has 2 aromatic carbocycles. The SMILES string of the molecule is CCCCN(CCCC)[C@@H](C)[C@@H](O)c1ccc2c3c(cccc13)CC2. The van der Waals surface area contributed by atoms with Gasteiger partial charge in [-0.2, -0.15) is 0 Å².